The van der Waals surface area contributed by atoms with Gasteiger partial charge in [-0.25, -0.2) is 4.39 Å². The quantitative estimate of drug-likeness (QED) is 0.815. The summed E-state index contributed by atoms with van der Waals surface area (Å²) in [5, 5.41) is 3.42. The van der Waals surface area contributed by atoms with Crippen molar-refractivity contribution < 1.29 is 8.94 Å². The number of nitrogens with one attached hydrogen (secondary N) is 1. The van der Waals surface area contributed by atoms with Crippen molar-refractivity contribution in [3.05, 3.63) is 29.0 Å². The molecule has 1 aliphatic heterocycles. The van der Waals surface area contributed by atoms with Gasteiger partial charge >= 0.3 is 0 Å². The predicted octanol–water partition coefficient (Wildman–Crippen LogP) is 2.41. The molecule has 2 atom stereocenters. The fourth-order valence-electron chi connectivity index (χ4n) is 1.61. The minimum Gasteiger partial charge on any atom is -0.616 e. The minimum atomic E-state index is -0.749. The predicted molar refractivity (Wildman–Crippen MR) is 61.3 cm³/mol. The molecular formula is C10H11ClFNOS. The summed E-state index contributed by atoms with van der Waals surface area (Å²) in [6.07, 6.45) is 0.828. The van der Waals surface area contributed by atoms with Crippen LogP contribution in [0.4, 0.5) is 10.1 Å². The van der Waals surface area contributed by atoms with Gasteiger partial charge in [-0.3, -0.25) is 0 Å². The lowest BCUT2D eigenvalue weighted by Gasteiger charge is -2.12. The highest BCUT2D eigenvalue weighted by Gasteiger charge is 2.26. The van der Waals surface area contributed by atoms with Crippen LogP contribution in [-0.4, -0.2) is 22.1 Å². The van der Waals surface area contributed by atoms with E-state index in [4.69, 9.17) is 11.6 Å². The standard InChI is InChI=1S/C10H11ClFNOS/c11-7-1-2-10(9(12)5-7)13-8-3-4-15(14)6-8/h1-2,5,8,13H,3-4,6H2. The van der Waals surface area contributed by atoms with Crippen LogP contribution in [0.25, 0.3) is 0 Å². The second kappa shape index (κ2) is 4.60. The van der Waals surface area contributed by atoms with Gasteiger partial charge in [0, 0.05) is 11.4 Å². The SMILES string of the molecule is [O-][S+]1CCC(Nc2ccc(Cl)cc2F)C1. The van der Waals surface area contributed by atoms with Crippen molar-refractivity contribution in [2.45, 2.75) is 12.5 Å². The van der Waals surface area contributed by atoms with Gasteiger partial charge in [0.05, 0.1) is 11.7 Å². The molecule has 0 radical (unpaired) electrons. The highest BCUT2D eigenvalue weighted by molar-refractivity contribution is 7.91. The molecule has 1 aromatic rings. The van der Waals surface area contributed by atoms with Gasteiger partial charge in [-0.2, -0.15) is 0 Å². The maximum absolute atomic E-state index is 13.4. The third kappa shape index (κ3) is 2.77. The molecule has 1 N–H and O–H groups in total. The van der Waals surface area contributed by atoms with E-state index in [0.717, 1.165) is 6.42 Å². The smallest absolute Gasteiger partial charge is 0.147 e. The summed E-state index contributed by atoms with van der Waals surface area (Å²) in [7, 11) is 0. The second-order valence-corrected chi connectivity index (χ2v) is 5.62. The van der Waals surface area contributed by atoms with E-state index in [9.17, 15) is 8.94 Å². The van der Waals surface area contributed by atoms with E-state index in [1.54, 1.807) is 12.1 Å². The van der Waals surface area contributed by atoms with E-state index in [2.05, 4.69) is 5.32 Å². The highest BCUT2D eigenvalue weighted by atomic mass is 35.5. The van der Waals surface area contributed by atoms with Gasteiger partial charge in [0.15, 0.2) is 0 Å². The Morgan fingerprint density at radius 2 is 2.33 bits per heavy atom. The van der Waals surface area contributed by atoms with Gasteiger partial charge in [0.1, 0.15) is 17.3 Å². The molecule has 1 aromatic carbocycles. The first-order chi connectivity index (χ1) is 7.15. The lowest BCUT2D eigenvalue weighted by Crippen LogP contribution is -2.21. The highest BCUT2D eigenvalue weighted by Crippen LogP contribution is 2.22. The summed E-state index contributed by atoms with van der Waals surface area (Å²) < 4.78 is 24.5. The van der Waals surface area contributed by atoms with Crippen molar-refractivity contribution in [1.29, 1.82) is 0 Å². The molecule has 1 fully saturated rings. The summed E-state index contributed by atoms with van der Waals surface area (Å²) in [6.45, 7) is 0. The van der Waals surface area contributed by atoms with E-state index in [1.807, 2.05) is 0 Å². The number of anilines is 1. The zero-order valence-corrected chi connectivity index (χ0v) is 9.58. The van der Waals surface area contributed by atoms with E-state index < -0.39 is 11.2 Å². The first kappa shape index (κ1) is 11.0. The Balaban J connectivity index is 2.04. The third-order valence-corrected chi connectivity index (χ3v) is 4.07. The van der Waals surface area contributed by atoms with Crippen LogP contribution in [-0.2, 0) is 11.2 Å². The van der Waals surface area contributed by atoms with E-state index in [-0.39, 0.29) is 11.9 Å². The topological polar surface area (TPSA) is 35.1 Å². The summed E-state index contributed by atoms with van der Waals surface area (Å²) in [4.78, 5) is 0. The molecule has 0 saturated carbocycles. The van der Waals surface area contributed by atoms with E-state index in [1.165, 1.54) is 6.07 Å². The molecule has 2 unspecified atom stereocenters. The Morgan fingerprint density at radius 1 is 1.53 bits per heavy atom. The van der Waals surface area contributed by atoms with Crippen LogP contribution < -0.4 is 5.32 Å². The number of benzene rings is 1. The molecule has 1 heterocycles. The van der Waals surface area contributed by atoms with Crippen molar-refractivity contribution >= 4 is 28.5 Å². The van der Waals surface area contributed by atoms with Gasteiger partial charge in [-0.1, -0.05) is 22.8 Å². The van der Waals surface area contributed by atoms with Crippen LogP contribution >= 0.6 is 11.6 Å². The van der Waals surface area contributed by atoms with Gasteiger partial charge in [-0.15, -0.1) is 0 Å². The van der Waals surface area contributed by atoms with Gasteiger partial charge in [0.25, 0.3) is 0 Å². The Kier molecular flexibility index (Phi) is 3.38. The largest absolute Gasteiger partial charge is 0.616 e. The van der Waals surface area contributed by atoms with Gasteiger partial charge in [0.2, 0.25) is 0 Å². The molecule has 0 amide bonds. The van der Waals surface area contributed by atoms with Crippen molar-refractivity contribution in [3.8, 4) is 0 Å². The fraction of sp³-hybridized carbons (Fsp3) is 0.400. The lowest BCUT2D eigenvalue weighted by atomic mass is 10.2. The zero-order valence-electron chi connectivity index (χ0n) is 8.00. The molecule has 15 heavy (non-hydrogen) atoms. The van der Waals surface area contributed by atoms with Crippen LogP contribution in [0.15, 0.2) is 18.2 Å². The molecule has 5 heteroatoms. The second-order valence-electron chi connectivity index (χ2n) is 3.56. The third-order valence-electron chi connectivity index (χ3n) is 2.37. The zero-order chi connectivity index (χ0) is 10.8. The van der Waals surface area contributed by atoms with E-state index >= 15 is 0 Å². The number of hydrogen-bond donors (Lipinski definition) is 1. The molecule has 0 aromatic heterocycles. The van der Waals surface area contributed by atoms with Crippen molar-refractivity contribution in [2.24, 2.45) is 0 Å². The van der Waals surface area contributed by atoms with Crippen LogP contribution in [0.3, 0.4) is 0 Å². The van der Waals surface area contributed by atoms with Gasteiger partial charge in [-0.05, 0) is 18.2 Å². The Bertz CT molecular complexity index is 363. The van der Waals surface area contributed by atoms with Crippen LogP contribution in [0.1, 0.15) is 6.42 Å². The molecule has 2 nitrogen and oxygen atoms in total. The number of halogens is 2. The fourth-order valence-corrected chi connectivity index (χ4v) is 3.18. The summed E-state index contributed by atoms with van der Waals surface area (Å²) in [6, 6.07) is 4.63. The molecule has 0 aliphatic carbocycles. The molecule has 1 saturated heterocycles. The van der Waals surface area contributed by atoms with Crippen molar-refractivity contribution in [1.82, 2.24) is 0 Å². The average Bonchev–Trinajstić information content (AvgIpc) is 2.56. The monoisotopic (exact) mass is 247 g/mol. The lowest BCUT2D eigenvalue weighted by molar-refractivity contribution is 0.600. The van der Waals surface area contributed by atoms with Crippen molar-refractivity contribution in [2.75, 3.05) is 16.8 Å². The molecule has 82 valence electrons. The molecule has 2 rings (SSSR count). The number of hydrogen-bond acceptors (Lipinski definition) is 2. The molecular weight excluding hydrogens is 237 g/mol. The van der Waals surface area contributed by atoms with Crippen LogP contribution in [0.5, 0.6) is 0 Å². The Labute approximate surface area is 96.0 Å². The molecule has 0 bridgehead atoms. The summed E-state index contributed by atoms with van der Waals surface area (Å²) in [5.41, 5.74) is 0.434. The molecule has 0 spiro atoms. The van der Waals surface area contributed by atoms with Crippen LogP contribution in [0, 0.1) is 5.82 Å². The normalized spacial score (nSPS) is 25.5. The van der Waals surface area contributed by atoms with E-state index in [0.29, 0.717) is 22.2 Å². The Morgan fingerprint density at radius 3 is 2.93 bits per heavy atom. The maximum atomic E-state index is 13.4. The van der Waals surface area contributed by atoms with Gasteiger partial charge < -0.3 is 9.87 Å². The Hall–Kier alpha value is -0.450. The maximum Gasteiger partial charge on any atom is 0.147 e. The van der Waals surface area contributed by atoms with Crippen molar-refractivity contribution in [3.63, 3.8) is 0 Å². The number of rotatable bonds is 2. The summed E-state index contributed by atoms with van der Waals surface area (Å²) in [5.74, 6) is 0.940. The van der Waals surface area contributed by atoms with Crippen LogP contribution in [0.2, 0.25) is 5.02 Å². The summed E-state index contributed by atoms with van der Waals surface area (Å²) >= 11 is 4.89. The minimum absolute atomic E-state index is 0.113. The molecule has 1 aliphatic rings. The first-order valence-electron chi connectivity index (χ1n) is 4.72. The average molecular weight is 248 g/mol. The first-order valence-corrected chi connectivity index (χ1v) is 6.58.